The third-order valence-electron chi connectivity index (χ3n) is 3.25. The molecule has 17 heavy (non-hydrogen) atoms. The highest BCUT2D eigenvalue weighted by Crippen LogP contribution is 2.50. The number of aromatic nitrogens is 2. The zero-order valence-electron chi connectivity index (χ0n) is 10.1. The van der Waals surface area contributed by atoms with Gasteiger partial charge < -0.3 is 10.2 Å². The van der Waals surface area contributed by atoms with Gasteiger partial charge in [0, 0.05) is 12.7 Å². The average molecular weight is 238 g/mol. The molecule has 1 atom stereocenters. The van der Waals surface area contributed by atoms with Crippen LogP contribution in [-0.4, -0.2) is 32.1 Å². The molecule has 1 aromatic rings. The Kier molecular flexibility index (Phi) is 2.95. The molecular formula is C12H18N2O3. The third-order valence-corrected chi connectivity index (χ3v) is 3.25. The van der Waals surface area contributed by atoms with Crippen LogP contribution >= 0.6 is 0 Å². The number of aliphatic carboxylic acids is 1. The standard InChI is InChI=1S/C12H18N2O3/c1-8(2)7-14-6-3-9(13-14)12(4-5-12)10(15)11(16)17/h3,6,8,10,15H,4-5,7H2,1-2H3,(H,16,17). The number of carboxylic acids is 1. The van der Waals surface area contributed by atoms with Crippen molar-refractivity contribution >= 4 is 5.97 Å². The summed E-state index contributed by atoms with van der Waals surface area (Å²) in [5, 5.41) is 23.0. The second-order valence-corrected chi connectivity index (χ2v) is 5.21. The molecule has 0 aromatic carbocycles. The van der Waals surface area contributed by atoms with Crippen molar-refractivity contribution < 1.29 is 15.0 Å². The molecule has 1 fully saturated rings. The number of carboxylic acid groups (broad SMARTS) is 1. The lowest BCUT2D eigenvalue weighted by atomic mass is 9.95. The Morgan fingerprint density at radius 1 is 1.59 bits per heavy atom. The predicted molar refractivity (Wildman–Crippen MR) is 61.6 cm³/mol. The zero-order valence-corrected chi connectivity index (χ0v) is 10.1. The Bertz CT molecular complexity index is 421. The van der Waals surface area contributed by atoms with E-state index < -0.39 is 17.5 Å². The molecule has 0 aliphatic heterocycles. The van der Waals surface area contributed by atoms with Crippen LogP contribution in [0.4, 0.5) is 0 Å². The van der Waals surface area contributed by atoms with E-state index in [-0.39, 0.29) is 0 Å². The van der Waals surface area contributed by atoms with Crippen LogP contribution < -0.4 is 0 Å². The highest BCUT2D eigenvalue weighted by atomic mass is 16.4. The minimum absolute atomic E-state index is 0.488. The van der Waals surface area contributed by atoms with Crippen molar-refractivity contribution in [1.29, 1.82) is 0 Å². The van der Waals surface area contributed by atoms with Gasteiger partial charge in [-0.25, -0.2) is 4.79 Å². The number of hydrogen-bond donors (Lipinski definition) is 2. The summed E-state index contributed by atoms with van der Waals surface area (Å²) in [5.74, 6) is -0.678. The Hall–Kier alpha value is -1.36. The van der Waals surface area contributed by atoms with Gasteiger partial charge in [0.15, 0.2) is 6.10 Å². The van der Waals surface area contributed by atoms with Crippen LogP contribution in [0, 0.1) is 5.92 Å². The Morgan fingerprint density at radius 3 is 2.71 bits per heavy atom. The van der Waals surface area contributed by atoms with Crippen LogP contribution in [0.15, 0.2) is 12.3 Å². The lowest BCUT2D eigenvalue weighted by molar-refractivity contribution is -0.148. The summed E-state index contributed by atoms with van der Waals surface area (Å²) in [6, 6.07) is 1.82. The first-order valence-electron chi connectivity index (χ1n) is 5.90. The fraction of sp³-hybridized carbons (Fsp3) is 0.667. The molecule has 5 heteroatoms. The third kappa shape index (κ3) is 2.20. The molecule has 2 rings (SSSR count). The van der Waals surface area contributed by atoms with E-state index in [0.29, 0.717) is 24.5 Å². The van der Waals surface area contributed by atoms with E-state index in [1.165, 1.54) is 0 Å². The van der Waals surface area contributed by atoms with E-state index in [1.54, 1.807) is 0 Å². The molecule has 1 unspecified atom stereocenters. The molecule has 0 amide bonds. The molecule has 2 N–H and O–H groups in total. The SMILES string of the molecule is CC(C)Cn1ccc(C2(C(O)C(=O)O)CC2)n1. The van der Waals surface area contributed by atoms with E-state index in [1.807, 2.05) is 16.9 Å². The van der Waals surface area contributed by atoms with Crippen LogP contribution in [0.25, 0.3) is 0 Å². The minimum atomic E-state index is -1.34. The summed E-state index contributed by atoms with van der Waals surface area (Å²) in [6.07, 6.45) is 1.90. The summed E-state index contributed by atoms with van der Waals surface area (Å²) in [4.78, 5) is 10.9. The van der Waals surface area contributed by atoms with Gasteiger partial charge in [-0.05, 0) is 24.8 Å². The fourth-order valence-electron chi connectivity index (χ4n) is 2.14. The molecule has 94 valence electrons. The predicted octanol–water partition coefficient (Wildman–Crippen LogP) is 1.02. The van der Waals surface area contributed by atoms with Crippen LogP contribution in [0.3, 0.4) is 0 Å². The van der Waals surface area contributed by atoms with Crippen LogP contribution in [0.5, 0.6) is 0 Å². The highest BCUT2D eigenvalue weighted by Gasteiger charge is 2.55. The van der Waals surface area contributed by atoms with Crippen LogP contribution in [0.1, 0.15) is 32.4 Å². The number of carbonyl (C=O) groups is 1. The Balaban J connectivity index is 2.17. The lowest BCUT2D eigenvalue weighted by Crippen LogP contribution is -2.34. The quantitative estimate of drug-likeness (QED) is 0.803. The molecule has 5 nitrogen and oxygen atoms in total. The molecule has 1 heterocycles. The van der Waals surface area contributed by atoms with Gasteiger partial charge in [-0.1, -0.05) is 13.8 Å². The molecule has 0 bridgehead atoms. The van der Waals surface area contributed by atoms with Crippen molar-refractivity contribution in [2.24, 2.45) is 5.92 Å². The summed E-state index contributed by atoms with van der Waals surface area (Å²) >= 11 is 0. The molecule has 1 aromatic heterocycles. The number of aliphatic hydroxyl groups excluding tert-OH is 1. The number of rotatable bonds is 5. The van der Waals surface area contributed by atoms with Gasteiger partial charge in [-0.15, -0.1) is 0 Å². The molecule has 0 spiro atoms. The van der Waals surface area contributed by atoms with E-state index in [4.69, 9.17) is 5.11 Å². The first-order valence-corrected chi connectivity index (χ1v) is 5.90. The average Bonchev–Trinajstić information content (AvgIpc) is 2.92. The topological polar surface area (TPSA) is 75.4 Å². The fourth-order valence-corrected chi connectivity index (χ4v) is 2.14. The molecule has 1 saturated carbocycles. The normalized spacial score (nSPS) is 19.3. The van der Waals surface area contributed by atoms with Gasteiger partial charge in [0.1, 0.15) is 0 Å². The highest BCUT2D eigenvalue weighted by molar-refractivity contribution is 5.75. The van der Waals surface area contributed by atoms with Gasteiger partial charge >= 0.3 is 5.97 Å². The van der Waals surface area contributed by atoms with Crippen LogP contribution in [0.2, 0.25) is 0 Å². The number of aliphatic hydroxyl groups is 1. The number of nitrogens with zero attached hydrogens (tertiary/aromatic N) is 2. The molecule has 0 radical (unpaired) electrons. The van der Waals surface area contributed by atoms with E-state index in [9.17, 15) is 9.90 Å². The maximum atomic E-state index is 10.9. The van der Waals surface area contributed by atoms with Crippen molar-refractivity contribution in [1.82, 2.24) is 9.78 Å². The monoisotopic (exact) mass is 238 g/mol. The van der Waals surface area contributed by atoms with Gasteiger partial charge in [-0.3, -0.25) is 4.68 Å². The van der Waals surface area contributed by atoms with Crippen LogP contribution in [-0.2, 0) is 16.8 Å². The maximum absolute atomic E-state index is 10.9. The Labute approximate surface area is 100 Å². The van der Waals surface area contributed by atoms with Crippen molar-refractivity contribution in [3.63, 3.8) is 0 Å². The molecule has 0 saturated heterocycles. The van der Waals surface area contributed by atoms with E-state index in [0.717, 1.165) is 6.54 Å². The van der Waals surface area contributed by atoms with Gasteiger partial charge in [0.05, 0.1) is 11.1 Å². The molecule has 1 aliphatic carbocycles. The number of hydrogen-bond acceptors (Lipinski definition) is 3. The van der Waals surface area contributed by atoms with E-state index >= 15 is 0 Å². The minimum Gasteiger partial charge on any atom is -0.479 e. The van der Waals surface area contributed by atoms with Crippen molar-refractivity contribution in [3.05, 3.63) is 18.0 Å². The van der Waals surface area contributed by atoms with Crippen molar-refractivity contribution in [2.75, 3.05) is 0 Å². The largest absolute Gasteiger partial charge is 0.479 e. The van der Waals surface area contributed by atoms with Crippen molar-refractivity contribution in [3.8, 4) is 0 Å². The first kappa shape index (κ1) is 12.1. The summed E-state index contributed by atoms with van der Waals surface area (Å²) in [7, 11) is 0. The lowest BCUT2D eigenvalue weighted by Gasteiger charge is -2.16. The maximum Gasteiger partial charge on any atom is 0.333 e. The summed E-state index contributed by atoms with van der Waals surface area (Å²) < 4.78 is 1.81. The zero-order chi connectivity index (χ0) is 12.6. The van der Waals surface area contributed by atoms with Gasteiger partial charge in [-0.2, -0.15) is 5.10 Å². The smallest absolute Gasteiger partial charge is 0.333 e. The summed E-state index contributed by atoms with van der Waals surface area (Å²) in [6.45, 7) is 5.00. The molecular weight excluding hydrogens is 220 g/mol. The van der Waals surface area contributed by atoms with E-state index in [2.05, 4.69) is 18.9 Å². The second-order valence-electron chi connectivity index (χ2n) is 5.21. The van der Waals surface area contributed by atoms with Crippen molar-refractivity contribution in [2.45, 2.75) is 44.8 Å². The summed E-state index contributed by atoms with van der Waals surface area (Å²) in [5.41, 5.74) is 0.0571. The van der Waals surface area contributed by atoms with Gasteiger partial charge in [0.2, 0.25) is 0 Å². The Morgan fingerprint density at radius 2 is 2.24 bits per heavy atom. The van der Waals surface area contributed by atoms with Gasteiger partial charge in [0.25, 0.3) is 0 Å². The first-order chi connectivity index (χ1) is 7.95. The second kappa shape index (κ2) is 4.14. The molecule has 1 aliphatic rings.